The Morgan fingerprint density at radius 1 is 1.55 bits per heavy atom. The normalized spacial score (nSPS) is 34.7. The van der Waals surface area contributed by atoms with Gasteiger partial charge in [0.25, 0.3) is 0 Å². The van der Waals surface area contributed by atoms with Gasteiger partial charge in [0.1, 0.15) is 5.76 Å². The fraction of sp³-hybridized carbons (Fsp3) is 0.500. The molecule has 0 aromatic carbocycles. The zero-order chi connectivity index (χ0) is 7.90. The molecular weight excluding hydrogens is 142 g/mol. The average molecular weight is 153 g/mol. The van der Waals surface area contributed by atoms with Crippen LogP contribution in [0.4, 0.5) is 0 Å². The predicted molar refractivity (Wildman–Crippen MR) is 40.4 cm³/mol. The van der Waals surface area contributed by atoms with Crippen LogP contribution in [-0.2, 0) is 9.47 Å². The standard InChI is InChI=1S/C8H11NO2/c1-8(9)3-2-6-7(4-8)11-5-10-6/h2-3H,4-5,9H2,1H3. The summed E-state index contributed by atoms with van der Waals surface area (Å²) in [7, 11) is 0. The first-order valence-electron chi connectivity index (χ1n) is 3.64. The molecule has 1 heterocycles. The van der Waals surface area contributed by atoms with Crippen molar-refractivity contribution in [2.75, 3.05) is 6.79 Å². The predicted octanol–water partition coefficient (Wildman–Crippen LogP) is 0.880. The second-order valence-corrected chi connectivity index (χ2v) is 3.21. The summed E-state index contributed by atoms with van der Waals surface area (Å²) in [6.07, 6.45) is 4.56. The highest BCUT2D eigenvalue weighted by molar-refractivity contribution is 5.29. The minimum absolute atomic E-state index is 0.271. The average Bonchev–Trinajstić information content (AvgIpc) is 2.31. The van der Waals surface area contributed by atoms with Crippen molar-refractivity contribution >= 4 is 0 Å². The maximum Gasteiger partial charge on any atom is 0.230 e. The Labute approximate surface area is 65.5 Å². The van der Waals surface area contributed by atoms with Crippen molar-refractivity contribution in [3.63, 3.8) is 0 Å². The third kappa shape index (κ3) is 1.12. The van der Waals surface area contributed by atoms with Gasteiger partial charge in [-0.3, -0.25) is 0 Å². The van der Waals surface area contributed by atoms with Crippen molar-refractivity contribution in [1.29, 1.82) is 0 Å². The van der Waals surface area contributed by atoms with Crippen LogP contribution in [-0.4, -0.2) is 12.3 Å². The molecule has 0 aromatic rings. The van der Waals surface area contributed by atoms with Crippen LogP contribution in [0.1, 0.15) is 13.3 Å². The smallest absolute Gasteiger partial charge is 0.230 e. The number of hydrogen-bond donors (Lipinski definition) is 1. The maximum atomic E-state index is 5.88. The van der Waals surface area contributed by atoms with E-state index in [1.54, 1.807) is 0 Å². The quantitative estimate of drug-likeness (QED) is 0.561. The summed E-state index contributed by atoms with van der Waals surface area (Å²) in [5.74, 6) is 1.73. The van der Waals surface area contributed by atoms with Crippen molar-refractivity contribution < 1.29 is 9.47 Å². The van der Waals surface area contributed by atoms with E-state index >= 15 is 0 Å². The van der Waals surface area contributed by atoms with Gasteiger partial charge in [0.15, 0.2) is 5.76 Å². The van der Waals surface area contributed by atoms with Gasteiger partial charge in [0.05, 0.1) is 0 Å². The number of rotatable bonds is 0. The highest BCUT2D eigenvalue weighted by Gasteiger charge is 2.28. The van der Waals surface area contributed by atoms with E-state index in [1.165, 1.54) is 0 Å². The molecule has 0 radical (unpaired) electrons. The summed E-state index contributed by atoms with van der Waals surface area (Å²) in [4.78, 5) is 0. The molecule has 3 heteroatoms. The van der Waals surface area contributed by atoms with Gasteiger partial charge in [0.2, 0.25) is 6.79 Å². The number of nitrogens with two attached hydrogens (primary N) is 1. The molecule has 0 fully saturated rings. The van der Waals surface area contributed by atoms with Gasteiger partial charge in [0, 0.05) is 12.0 Å². The van der Waals surface area contributed by atoms with Crippen LogP contribution in [0.5, 0.6) is 0 Å². The Morgan fingerprint density at radius 3 is 3.18 bits per heavy atom. The maximum absolute atomic E-state index is 5.88. The first-order chi connectivity index (χ1) is 5.17. The molecule has 60 valence electrons. The fourth-order valence-electron chi connectivity index (χ4n) is 1.27. The third-order valence-corrected chi connectivity index (χ3v) is 1.88. The third-order valence-electron chi connectivity index (χ3n) is 1.88. The summed E-state index contributed by atoms with van der Waals surface area (Å²) < 4.78 is 10.4. The number of hydrogen-bond acceptors (Lipinski definition) is 3. The molecule has 2 aliphatic rings. The largest absolute Gasteiger partial charge is 0.458 e. The molecule has 1 aliphatic heterocycles. The highest BCUT2D eigenvalue weighted by atomic mass is 16.7. The van der Waals surface area contributed by atoms with Crippen LogP contribution in [0.15, 0.2) is 23.7 Å². The van der Waals surface area contributed by atoms with Gasteiger partial charge in [-0.1, -0.05) is 6.08 Å². The van der Waals surface area contributed by atoms with E-state index in [-0.39, 0.29) is 5.54 Å². The SMILES string of the molecule is CC1(N)C=CC2=C(C1)OCO2. The number of ether oxygens (including phenoxy) is 2. The first-order valence-corrected chi connectivity index (χ1v) is 3.64. The highest BCUT2D eigenvalue weighted by Crippen LogP contribution is 2.29. The lowest BCUT2D eigenvalue weighted by Gasteiger charge is -2.22. The van der Waals surface area contributed by atoms with Crippen molar-refractivity contribution in [2.24, 2.45) is 5.73 Å². The topological polar surface area (TPSA) is 44.5 Å². The van der Waals surface area contributed by atoms with Gasteiger partial charge in [-0.05, 0) is 13.0 Å². The van der Waals surface area contributed by atoms with E-state index in [4.69, 9.17) is 15.2 Å². The van der Waals surface area contributed by atoms with E-state index in [2.05, 4.69) is 0 Å². The van der Waals surface area contributed by atoms with Crippen molar-refractivity contribution in [3.05, 3.63) is 23.7 Å². The van der Waals surface area contributed by atoms with Crippen molar-refractivity contribution in [3.8, 4) is 0 Å². The zero-order valence-electron chi connectivity index (χ0n) is 6.46. The van der Waals surface area contributed by atoms with Gasteiger partial charge < -0.3 is 15.2 Å². The van der Waals surface area contributed by atoms with E-state index < -0.39 is 0 Å². The van der Waals surface area contributed by atoms with Crippen LogP contribution in [0.2, 0.25) is 0 Å². The van der Waals surface area contributed by atoms with Gasteiger partial charge in [-0.15, -0.1) is 0 Å². The van der Waals surface area contributed by atoms with E-state index in [1.807, 2.05) is 19.1 Å². The molecule has 11 heavy (non-hydrogen) atoms. The lowest BCUT2D eigenvalue weighted by molar-refractivity contribution is 0.0715. The van der Waals surface area contributed by atoms with Crippen LogP contribution < -0.4 is 5.73 Å². The summed E-state index contributed by atoms with van der Waals surface area (Å²) >= 11 is 0. The van der Waals surface area contributed by atoms with Gasteiger partial charge in [-0.25, -0.2) is 0 Å². The van der Waals surface area contributed by atoms with Crippen molar-refractivity contribution in [2.45, 2.75) is 18.9 Å². The minimum atomic E-state index is -0.271. The Bertz CT molecular complexity index is 240. The molecule has 2 rings (SSSR count). The molecule has 1 atom stereocenters. The van der Waals surface area contributed by atoms with Crippen LogP contribution in [0.25, 0.3) is 0 Å². The zero-order valence-corrected chi connectivity index (χ0v) is 6.46. The lowest BCUT2D eigenvalue weighted by atomic mass is 9.93. The lowest BCUT2D eigenvalue weighted by Crippen LogP contribution is -2.35. The Balaban J connectivity index is 2.25. The molecule has 0 amide bonds. The Morgan fingerprint density at radius 2 is 2.36 bits per heavy atom. The van der Waals surface area contributed by atoms with Crippen molar-refractivity contribution in [1.82, 2.24) is 0 Å². The molecule has 3 nitrogen and oxygen atoms in total. The molecular formula is C8H11NO2. The van der Waals surface area contributed by atoms with E-state index in [9.17, 15) is 0 Å². The molecule has 0 saturated carbocycles. The summed E-state index contributed by atoms with van der Waals surface area (Å²) in [6.45, 7) is 2.31. The Kier molecular flexibility index (Phi) is 1.23. The van der Waals surface area contributed by atoms with Gasteiger partial charge >= 0.3 is 0 Å². The van der Waals surface area contributed by atoms with E-state index in [0.717, 1.165) is 17.9 Å². The summed E-state index contributed by atoms with van der Waals surface area (Å²) in [6, 6.07) is 0. The molecule has 0 bridgehead atoms. The summed E-state index contributed by atoms with van der Waals surface area (Å²) in [5.41, 5.74) is 5.61. The fourth-order valence-corrected chi connectivity index (χ4v) is 1.27. The van der Waals surface area contributed by atoms with E-state index in [0.29, 0.717) is 6.79 Å². The molecule has 0 aromatic heterocycles. The molecule has 1 unspecified atom stereocenters. The second kappa shape index (κ2) is 2.01. The van der Waals surface area contributed by atoms with Crippen LogP contribution in [0, 0.1) is 0 Å². The Hall–Kier alpha value is -0.960. The molecule has 0 spiro atoms. The second-order valence-electron chi connectivity index (χ2n) is 3.21. The molecule has 1 aliphatic carbocycles. The van der Waals surface area contributed by atoms with Crippen LogP contribution >= 0.6 is 0 Å². The first kappa shape index (κ1) is 6.73. The molecule has 0 saturated heterocycles. The summed E-state index contributed by atoms with van der Waals surface area (Å²) in [5, 5.41) is 0. The molecule has 2 N–H and O–H groups in total. The number of allylic oxidation sites excluding steroid dienone is 1. The van der Waals surface area contributed by atoms with Crippen LogP contribution in [0.3, 0.4) is 0 Å². The monoisotopic (exact) mass is 153 g/mol. The van der Waals surface area contributed by atoms with Gasteiger partial charge in [-0.2, -0.15) is 0 Å². The minimum Gasteiger partial charge on any atom is -0.458 e.